The number of nitrogens with one attached hydrogen (secondary N) is 2. The minimum atomic E-state index is -0.329. The highest BCUT2D eigenvalue weighted by molar-refractivity contribution is 6.25. The highest BCUT2D eigenvalue weighted by Gasteiger charge is 2.32. The van der Waals surface area contributed by atoms with Gasteiger partial charge in [0.15, 0.2) is 0 Å². The monoisotopic (exact) mass is 441 g/mol. The highest BCUT2D eigenvalue weighted by atomic mass is 16.2. The Morgan fingerprint density at radius 3 is 2.12 bits per heavy atom. The number of carbonyl (C=O) groups is 4. The smallest absolute Gasteiger partial charge is 0.261 e. The average molecular weight is 441 g/mol. The molecular formula is C26H23N3O4. The highest BCUT2D eigenvalue weighted by Crippen LogP contribution is 2.30. The summed E-state index contributed by atoms with van der Waals surface area (Å²) in [6.07, 6.45) is 2.56. The van der Waals surface area contributed by atoms with Crippen LogP contribution in [-0.2, 0) is 4.79 Å². The second-order valence-corrected chi connectivity index (χ2v) is 8.45. The van der Waals surface area contributed by atoms with Crippen LogP contribution in [0.3, 0.4) is 0 Å². The zero-order valence-corrected chi connectivity index (χ0v) is 18.0. The molecule has 0 atom stereocenters. The molecule has 166 valence electrons. The van der Waals surface area contributed by atoms with Crippen molar-refractivity contribution in [2.45, 2.75) is 31.7 Å². The van der Waals surface area contributed by atoms with Gasteiger partial charge in [-0.3, -0.25) is 24.1 Å². The van der Waals surface area contributed by atoms with Crippen LogP contribution < -0.4 is 10.6 Å². The second-order valence-electron chi connectivity index (χ2n) is 8.45. The Morgan fingerprint density at radius 1 is 0.879 bits per heavy atom. The van der Waals surface area contributed by atoms with Gasteiger partial charge in [0, 0.05) is 46.8 Å². The molecule has 0 bridgehead atoms. The number of imide groups is 1. The zero-order chi connectivity index (χ0) is 22.9. The molecule has 0 saturated heterocycles. The van der Waals surface area contributed by atoms with Crippen LogP contribution in [0.1, 0.15) is 56.8 Å². The van der Waals surface area contributed by atoms with Crippen LogP contribution in [0.25, 0.3) is 10.8 Å². The van der Waals surface area contributed by atoms with E-state index in [0.29, 0.717) is 34.2 Å². The van der Waals surface area contributed by atoms with Crippen LogP contribution in [0.2, 0.25) is 0 Å². The van der Waals surface area contributed by atoms with Crippen LogP contribution in [-0.4, -0.2) is 41.1 Å². The van der Waals surface area contributed by atoms with Gasteiger partial charge in [0.1, 0.15) is 0 Å². The van der Waals surface area contributed by atoms with E-state index in [0.717, 1.165) is 18.2 Å². The lowest BCUT2D eigenvalue weighted by molar-refractivity contribution is -0.116. The third-order valence-corrected chi connectivity index (χ3v) is 5.98. The van der Waals surface area contributed by atoms with Gasteiger partial charge in [-0.15, -0.1) is 0 Å². The second kappa shape index (κ2) is 8.50. The Labute approximate surface area is 190 Å². The zero-order valence-electron chi connectivity index (χ0n) is 18.0. The first-order chi connectivity index (χ1) is 16.0. The maximum Gasteiger partial charge on any atom is 0.261 e. The SMILES string of the molecule is O=C(CCCN1C(=O)c2cccc3cccc(c23)C1=O)Nc1ccc(C(=O)NC2CC2)cc1. The number of rotatable bonds is 7. The van der Waals surface area contributed by atoms with E-state index in [4.69, 9.17) is 0 Å². The van der Waals surface area contributed by atoms with Crippen molar-refractivity contribution in [2.24, 2.45) is 0 Å². The van der Waals surface area contributed by atoms with Crippen LogP contribution in [0, 0.1) is 0 Å². The molecule has 2 aliphatic rings. The van der Waals surface area contributed by atoms with Gasteiger partial charge < -0.3 is 10.6 Å². The summed E-state index contributed by atoms with van der Waals surface area (Å²) in [5, 5.41) is 7.27. The summed E-state index contributed by atoms with van der Waals surface area (Å²) in [5.41, 5.74) is 2.17. The van der Waals surface area contributed by atoms with Gasteiger partial charge in [-0.05, 0) is 61.0 Å². The Bertz CT molecular complexity index is 1230. The Kier molecular flexibility index (Phi) is 5.38. The third-order valence-electron chi connectivity index (χ3n) is 5.98. The number of hydrogen-bond donors (Lipinski definition) is 2. The van der Waals surface area contributed by atoms with Gasteiger partial charge in [0.05, 0.1) is 0 Å². The molecule has 0 spiro atoms. The van der Waals surface area contributed by atoms with Crippen molar-refractivity contribution in [1.82, 2.24) is 10.2 Å². The molecule has 0 unspecified atom stereocenters. The fourth-order valence-electron chi connectivity index (χ4n) is 4.11. The molecule has 1 aliphatic heterocycles. The quantitative estimate of drug-likeness (QED) is 0.546. The number of carbonyl (C=O) groups excluding carboxylic acids is 4. The summed E-state index contributed by atoms with van der Waals surface area (Å²) < 4.78 is 0. The normalized spacial score (nSPS) is 15.0. The molecule has 3 aromatic carbocycles. The van der Waals surface area contributed by atoms with Crippen molar-refractivity contribution < 1.29 is 19.2 Å². The third kappa shape index (κ3) is 4.22. The standard InChI is InChI=1S/C26H23N3O4/c30-22(27-18-11-9-17(10-12-18)24(31)28-19-13-14-19)8-3-15-29-25(32)20-6-1-4-16-5-2-7-21(23(16)20)26(29)33/h1-2,4-7,9-12,19H,3,8,13-15H2,(H,27,30)(H,28,31). The lowest BCUT2D eigenvalue weighted by Gasteiger charge is -2.27. The van der Waals surface area contributed by atoms with E-state index in [1.54, 1.807) is 36.4 Å². The van der Waals surface area contributed by atoms with E-state index in [2.05, 4.69) is 10.6 Å². The van der Waals surface area contributed by atoms with Crippen LogP contribution in [0.4, 0.5) is 5.69 Å². The molecule has 1 saturated carbocycles. The van der Waals surface area contributed by atoms with Crippen LogP contribution in [0.5, 0.6) is 0 Å². The number of amides is 4. The molecule has 2 N–H and O–H groups in total. The lowest BCUT2D eigenvalue weighted by Crippen LogP contribution is -2.41. The van der Waals surface area contributed by atoms with Crippen molar-refractivity contribution in [3.8, 4) is 0 Å². The molecular weight excluding hydrogens is 418 g/mol. The average Bonchev–Trinajstić information content (AvgIpc) is 3.64. The van der Waals surface area contributed by atoms with E-state index in [1.165, 1.54) is 4.90 Å². The molecule has 4 amide bonds. The summed E-state index contributed by atoms with van der Waals surface area (Å²) in [4.78, 5) is 51.5. The van der Waals surface area contributed by atoms with E-state index in [-0.39, 0.29) is 42.6 Å². The fourth-order valence-corrected chi connectivity index (χ4v) is 4.11. The van der Waals surface area contributed by atoms with Crippen LogP contribution >= 0.6 is 0 Å². The van der Waals surface area contributed by atoms with Crippen molar-refractivity contribution in [2.75, 3.05) is 11.9 Å². The lowest BCUT2D eigenvalue weighted by atomic mass is 9.94. The molecule has 33 heavy (non-hydrogen) atoms. The first-order valence-electron chi connectivity index (χ1n) is 11.1. The van der Waals surface area contributed by atoms with Gasteiger partial charge >= 0.3 is 0 Å². The fraction of sp³-hybridized carbons (Fsp3) is 0.231. The molecule has 0 radical (unpaired) electrons. The van der Waals surface area contributed by atoms with Crippen molar-refractivity contribution in [3.05, 3.63) is 77.4 Å². The largest absolute Gasteiger partial charge is 0.349 e. The van der Waals surface area contributed by atoms with Gasteiger partial charge in [-0.25, -0.2) is 0 Å². The first kappa shape index (κ1) is 20.9. The van der Waals surface area contributed by atoms with Crippen molar-refractivity contribution >= 4 is 40.1 Å². The topological polar surface area (TPSA) is 95.6 Å². The number of hydrogen-bond acceptors (Lipinski definition) is 4. The predicted molar refractivity (Wildman–Crippen MR) is 124 cm³/mol. The number of anilines is 1. The number of nitrogens with zero attached hydrogens (tertiary/aromatic N) is 1. The Balaban J connectivity index is 1.17. The van der Waals surface area contributed by atoms with Crippen molar-refractivity contribution in [1.29, 1.82) is 0 Å². The molecule has 1 fully saturated rings. The maximum absolute atomic E-state index is 12.9. The molecule has 0 aromatic heterocycles. The Morgan fingerprint density at radius 2 is 1.52 bits per heavy atom. The maximum atomic E-state index is 12.9. The van der Waals surface area contributed by atoms with E-state index in [9.17, 15) is 19.2 Å². The molecule has 3 aromatic rings. The van der Waals surface area contributed by atoms with Gasteiger partial charge in [0.2, 0.25) is 5.91 Å². The first-order valence-corrected chi connectivity index (χ1v) is 11.1. The Hall–Kier alpha value is -4.00. The molecule has 5 rings (SSSR count). The minimum absolute atomic E-state index is 0.108. The summed E-state index contributed by atoms with van der Waals surface area (Å²) >= 11 is 0. The number of benzene rings is 3. The van der Waals surface area contributed by atoms with Gasteiger partial charge in [0.25, 0.3) is 17.7 Å². The molecule has 7 heteroatoms. The van der Waals surface area contributed by atoms with Crippen LogP contribution in [0.15, 0.2) is 60.7 Å². The van der Waals surface area contributed by atoms with Gasteiger partial charge in [-0.1, -0.05) is 24.3 Å². The molecule has 1 heterocycles. The van der Waals surface area contributed by atoms with E-state index in [1.807, 2.05) is 24.3 Å². The summed E-state index contributed by atoms with van der Waals surface area (Å²) in [5.74, 6) is -0.984. The summed E-state index contributed by atoms with van der Waals surface area (Å²) in [6, 6.07) is 17.9. The van der Waals surface area contributed by atoms with Gasteiger partial charge in [-0.2, -0.15) is 0 Å². The van der Waals surface area contributed by atoms with E-state index < -0.39 is 0 Å². The van der Waals surface area contributed by atoms with E-state index >= 15 is 0 Å². The van der Waals surface area contributed by atoms with Crippen molar-refractivity contribution in [3.63, 3.8) is 0 Å². The molecule has 1 aliphatic carbocycles. The predicted octanol–water partition coefficient (Wildman–Crippen LogP) is 3.75. The summed E-state index contributed by atoms with van der Waals surface area (Å²) in [6.45, 7) is 0.163. The molecule has 7 nitrogen and oxygen atoms in total. The summed E-state index contributed by atoms with van der Waals surface area (Å²) in [7, 11) is 0. The minimum Gasteiger partial charge on any atom is -0.349 e.